The lowest BCUT2D eigenvalue weighted by atomic mass is 9.97. The number of aromatic nitrogens is 3. The molecule has 1 atom stereocenters. The van der Waals surface area contributed by atoms with Crippen LogP contribution in [-0.2, 0) is 16.6 Å². The lowest BCUT2D eigenvalue weighted by Gasteiger charge is -2.31. The molecule has 3 rings (SSSR count). The number of carbonyl (C=O) groups excluding carboxylic acids is 2. The summed E-state index contributed by atoms with van der Waals surface area (Å²) in [6, 6.07) is 7.36. The maximum absolute atomic E-state index is 12.4. The first kappa shape index (κ1) is 18.7. The average Bonchev–Trinajstić information content (AvgIpc) is 3.01. The molecular formula is C17H20ClN5O2S. The number of likely N-dealkylation sites (tertiary alicyclic amines) is 1. The highest BCUT2D eigenvalue weighted by molar-refractivity contribution is 7.99. The zero-order valence-corrected chi connectivity index (χ0v) is 16.0. The van der Waals surface area contributed by atoms with E-state index in [1.165, 1.54) is 11.8 Å². The van der Waals surface area contributed by atoms with Crippen molar-refractivity contribution in [1.29, 1.82) is 0 Å². The molecule has 1 aliphatic rings. The molecule has 1 saturated heterocycles. The third kappa shape index (κ3) is 4.19. The van der Waals surface area contributed by atoms with Gasteiger partial charge in [-0.15, -0.1) is 10.2 Å². The SMILES string of the molecule is Cn1c(SCC(=O)N2CCCC(C(N)=O)C2)nnc1-c1ccc(Cl)cc1. The average molecular weight is 394 g/mol. The van der Waals surface area contributed by atoms with Gasteiger partial charge >= 0.3 is 0 Å². The number of thioether (sulfide) groups is 1. The number of nitrogens with zero attached hydrogens (tertiary/aromatic N) is 4. The zero-order chi connectivity index (χ0) is 18.7. The fourth-order valence-electron chi connectivity index (χ4n) is 2.94. The number of piperidine rings is 1. The molecular weight excluding hydrogens is 374 g/mol. The van der Waals surface area contributed by atoms with E-state index in [2.05, 4.69) is 10.2 Å². The molecule has 26 heavy (non-hydrogen) atoms. The van der Waals surface area contributed by atoms with Crippen LogP contribution in [0, 0.1) is 5.92 Å². The van der Waals surface area contributed by atoms with Gasteiger partial charge in [0.25, 0.3) is 0 Å². The van der Waals surface area contributed by atoms with Gasteiger partial charge in [-0.25, -0.2) is 0 Å². The van der Waals surface area contributed by atoms with Crippen molar-refractivity contribution in [3.05, 3.63) is 29.3 Å². The molecule has 1 unspecified atom stereocenters. The Morgan fingerprint density at radius 2 is 2.04 bits per heavy atom. The lowest BCUT2D eigenvalue weighted by molar-refractivity contribution is -0.132. The van der Waals surface area contributed by atoms with E-state index in [9.17, 15) is 9.59 Å². The Morgan fingerprint density at radius 3 is 2.73 bits per heavy atom. The van der Waals surface area contributed by atoms with Crippen LogP contribution in [0.1, 0.15) is 12.8 Å². The number of halogens is 1. The fraction of sp³-hybridized carbons (Fsp3) is 0.412. The minimum atomic E-state index is -0.337. The van der Waals surface area contributed by atoms with Gasteiger partial charge in [-0.1, -0.05) is 23.4 Å². The van der Waals surface area contributed by atoms with Crippen molar-refractivity contribution >= 4 is 35.2 Å². The van der Waals surface area contributed by atoms with Crippen LogP contribution >= 0.6 is 23.4 Å². The largest absolute Gasteiger partial charge is 0.369 e. The van der Waals surface area contributed by atoms with Crippen LogP contribution in [-0.4, -0.2) is 50.3 Å². The van der Waals surface area contributed by atoms with Crippen LogP contribution in [0.15, 0.2) is 29.4 Å². The molecule has 2 aromatic rings. The molecule has 1 aromatic heterocycles. The molecule has 1 aromatic carbocycles. The Kier molecular flexibility index (Phi) is 5.83. The Hall–Kier alpha value is -2.06. The second kappa shape index (κ2) is 8.09. The van der Waals surface area contributed by atoms with E-state index in [1.807, 2.05) is 23.7 Å². The Bertz CT molecular complexity index is 808. The highest BCUT2D eigenvalue weighted by atomic mass is 35.5. The quantitative estimate of drug-likeness (QED) is 0.783. The smallest absolute Gasteiger partial charge is 0.233 e. The van der Waals surface area contributed by atoms with E-state index in [-0.39, 0.29) is 23.5 Å². The molecule has 0 aliphatic carbocycles. The van der Waals surface area contributed by atoms with Crippen molar-refractivity contribution in [2.75, 3.05) is 18.8 Å². The molecule has 0 bridgehead atoms. The first-order chi connectivity index (χ1) is 12.5. The van der Waals surface area contributed by atoms with Gasteiger partial charge in [-0.2, -0.15) is 0 Å². The normalized spacial score (nSPS) is 17.3. The Labute approximate surface area is 160 Å². The molecule has 9 heteroatoms. The highest BCUT2D eigenvalue weighted by Crippen LogP contribution is 2.24. The topological polar surface area (TPSA) is 94.1 Å². The number of rotatable bonds is 5. The van der Waals surface area contributed by atoms with E-state index in [0.717, 1.165) is 18.4 Å². The zero-order valence-electron chi connectivity index (χ0n) is 14.4. The second-order valence-electron chi connectivity index (χ2n) is 6.24. The molecule has 2 N–H and O–H groups in total. The van der Waals surface area contributed by atoms with Gasteiger partial charge in [0.15, 0.2) is 11.0 Å². The lowest BCUT2D eigenvalue weighted by Crippen LogP contribution is -2.44. The number of hydrogen-bond acceptors (Lipinski definition) is 5. The van der Waals surface area contributed by atoms with Crippen molar-refractivity contribution in [3.63, 3.8) is 0 Å². The second-order valence-corrected chi connectivity index (χ2v) is 7.62. The van der Waals surface area contributed by atoms with Gasteiger partial charge in [0.1, 0.15) is 0 Å². The minimum Gasteiger partial charge on any atom is -0.369 e. The third-order valence-corrected chi connectivity index (χ3v) is 5.70. The molecule has 7 nitrogen and oxygen atoms in total. The number of amides is 2. The van der Waals surface area contributed by atoms with Gasteiger partial charge in [0.05, 0.1) is 11.7 Å². The van der Waals surface area contributed by atoms with E-state index in [4.69, 9.17) is 17.3 Å². The minimum absolute atomic E-state index is 0.0167. The van der Waals surface area contributed by atoms with Crippen molar-refractivity contribution in [3.8, 4) is 11.4 Å². The summed E-state index contributed by atoms with van der Waals surface area (Å²) in [5.41, 5.74) is 6.28. The van der Waals surface area contributed by atoms with Crippen molar-refractivity contribution < 1.29 is 9.59 Å². The number of hydrogen-bond donors (Lipinski definition) is 1. The summed E-state index contributed by atoms with van der Waals surface area (Å²) in [5.74, 6) is 0.360. The number of nitrogens with two attached hydrogens (primary N) is 1. The van der Waals surface area contributed by atoms with E-state index >= 15 is 0 Å². The first-order valence-electron chi connectivity index (χ1n) is 8.31. The Balaban J connectivity index is 1.62. The number of carbonyl (C=O) groups is 2. The monoisotopic (exact) mass is 393 g/mol. The standard InChI is InChI=1S/C17H20ClN5O2S/c1-22-16(11-4-6-13(18)7-5-11)20-21-17(22)26-10-14(24)23-8-2-3-12(9-23)15(19)25/h4-7,12H,2-3,8-10H2,1H3,(H2,19,25). The predicted molar refractivity (Wildman–Crippen MR) is 101 cm³/mol. The molecule has 0 radical (unpaired) electrons. The van der Waals surface area contributed by atoms with Gasteiger partial charge in [-0.05, 0) is 37.1 Å². The van der Waals surface area contributed by atoms with E-state index < -0.39 is 0 Å². The van der Waals surface area contributed by atoms with Crippen molar-refractivity contribution in [1.82, 2.24) is 19.7 Å². The summed E-state index contributed by atoms with van der Waals surface area (Å²) in [4.78, 5) is 25.5. The number of primary amides is 1. The van der Waals surface area contributed by atoms with Crippen LogP contribution in [0.3, 0.4) is 0 Å². The van der Waals surface area contributed by atoms with Crippen LogP contribution < -0.4 is 5.73 Å². The van der Waals surface area contributed by atoms with Crippen LogP contribution in [0.25, 0.3) is 11.4 Å². The molecule has 0 spiro atoms. The maximum Gasteiger partial charge on any atom is 0.233 e. The maximum atomic E-state index is 12.4. The van der Waals surface area contributed by atoms with Gasteiger partial charge in [-0.3, -0.25) is 9.59 Å². The van der Waals surface area contributed by atoms with Gasteiger partial charge in [0, 0.05) is 30.7 Å². The highest BCUT2D eigenvalue weighted by Gasteiger charge is 2.27. The van der Waals surface area contributed by atoms with Crippen LogP contribution in [0.4, 0.5) is 0 Å². The molecule has 2 heterocycles. The molecule has 1 fully saturated rings. The molecule has 2 amide bonds. The van der Waals surface area contributed by atoms with Crippen molar-refractivity contribution in [2.24, 2.45) is 18.7 Å². The Morgan fingerprint density at radius 1 is 1.31 bits per heavy atom. The van der Waals surface area contributed by atoms with E-state index in [0.29, 0.717) is 29.1 Å². The van der Waals surface area contributed by atoms with Gasteiger partial charge in [0.2, 0.25) is 11.8 Å². The van der Waals surface area contributed by atoms with Crippen molar-refractivity contribution in [2.45, 2.75) is 18.0 Å². The van der Waals surface area contributed by atoms with Crippen LogP contribution in [0.2, 0.25) is 5.02 Å². The summed E-state index contributed by atoms with van der Waals surface area (Å²) < 4.78 is 1.85. The molecule has 0 saturated carbocycles. The summed E-state index contributed by atoms with van der Waals surface area (Å²) in [6.07, 6.45) is 1.55. The summed E-state index contributed by atoms with van der Waals surface area (Å²) >= 11 is 7.25. The summed E-state index contributed by atoms with van der Waals surface area (Å²) in [5, 5.41) is 9.70. The fourth-order valence-corrected chi connectivity index (χ4v) is 3.88. The summed E-state index contributed by atoms with van der Waals surface area (Å²) in [7, 11) is 1.86. The summed E-state index contributed by atoms with van der Waals surface area (Å²) in [6.45, 7) is 1.07. The first-order valence-corrected chi connectivity index (χ1v) is 9.67. The van der Waals surface area contributed by atoms with E-state index in [1.54, 1.807) is 17.0 Å². The molecule has 138 valence electrons. The third-order valence-electron chi connectivity index (χ3n) is 4.44. The molecule has 1 aliphatic heterocycles. The predicted octanol–water partition coefficient (Wildman–Crippen LogP) is 1.95. The van der Waals surface area contributed by atoms with Crippen LogP contribution in [0.5, 0.6) is 0 Å². The number of benzene rings is 1. The van der Waals surface area contributed by atoms with Gasteiger partial charge < -0.3 is 15.2 Å².